The largest absolute Gasteiger partial charge is 0.433 e. The molecule has 0 bridgehead atoms. The highest BCUT2D eigenvalue weighted by Gasteiger charge is 2.30. The van der Waals surface area contributed by atoms with Crippen LogP contribution in [0, 0.1) is 13.8 Å². The second kappa shape index (κ2) is 9.51. The predicted molar refractivity (Wildman–Crippen MR) is 115 cm³/mol. The van der Waals surface area contributed by atoms with Gasteiger partial charge in [-0.3, -0.25) is 4.68 Å². The number of halogens is 5. The molecule has 32 heavy (non-hydrogen) atoms. The number of ether oxygens (including phenoxy) is 1. The summed E-state index contributed by atoms with van der Waals surface area (Å²) in [5, 5.41) is 10.0. The molecule has 2 N–H and O–H groups in total. The van der Waals surface area contributed by atoms with E-state index in [4.69, 9.17) is 12.2 Å². The molecule has 0 radical (unpaired) electrons. The fourth-order valence-electron chi connectivity index (χ4n) is 2.96. The first-order valence-corrected chi connectivity index (χ1v) is 9.76. The van der Waals surface area contributed by atoms with E-state index in [1.807, 2.05) is 0 Å². The number of benzene rings is 2. The summed E-state index contributed by atoms with van der Waals surface area (Å²) in [5.74, 6) is 0.275. The summed E-state index contributed by atoms with van der Waals surface area (Å²) >= 11 is 5.24. The van der Waals surface area contributed by atoms with Crippen LogP contribution in [-0.4, -0.2) is 21.5 Å². The van der Waals surface area contributed by atoms with Crippen molar-refractivity contribution in [2.45, 2.75) is 33.2 Å². The van der Waals surface area contributed by atoms with Gasteiger partial charge in [-0.15, -0.1) is 0 Å². The predicted octanol–water partition coefficient (Wildman–Crippen LogP) is 5.98. The van der Waals surface area contributed by atoms with Gasteiger partial charge in [0.15, 0.2) is 10.9 Å². The van der Waals surface area contributed by atoms with E-state index < -0.39 is 18.4 Å². The van der Waals surface area contributed by atoms with Crippen LogP contribution in [0.5, 0.6) is 5.75 Å². The number of hydrogen-bond acceptors (Lipinski definition) is 3. The highest BCUT2D eigenvalue weighted by atomic mass is 32.1. The summed E-state index contributed by atoms with van der Waals surface area (Å²) in [6.45, 7) is 0.667. The molecule has 5 nitrogen and oxygen atoms in total. The lowest BCUT2D eigenvalue weighted by atomic mass is 10.1. The van der Waals surface area contributed by atoms with Crippen LogP contribution in [0.1, 0.15) is 22.4 Å². The van der Waals surface area contributed by atoms with Gasteiger partial charge < -0.3 is 15.4 Å². The lowest BCUT2D eigenvalue weighted by molar-refractivity contribution is -0.137. The summed E-state index contributed by atoms with van der Waals surface area (Å²) in [7, 11) is 0. The van der Waals surface area contributed by atoms with E-state index in [0.717, 1.165) is 17.7 Å². The number of aromatic nitrogens is 2. The Morgan fingerprint density at radius 3 is 2.53 bits per heavy atom. The maximum atomic E-state index is 12.9. The highest BCUT2D eigenvalue weighted by Crippen LogP contribution is 2.30. The van der Waals surface area contributed by atoms with Gasteiger partial charge in [-0.05, 0) is 61.5 Å². The zero-order valence-corrected chi connectivity index (χ0v) is 17.8. The van der Waals surface area contributed by atoms with Crippen LogP contribution in [0.3, 0.4) is 0 Å². The standard InChI is InChI=1S/C21H19F5N4OS/c1-12-6-7-17(31-19(22)23)16(8-12)27-20(32)28-18-9-13(2)30(29-18)11-14-4-3-5-15(10-14)21(24,25)26/h3-10,19H,11H2,1-2H3,(H2,27,28,29,32). The summed E-state index contributed by atoms with van der Waals surface area (Å²) < 4.78 is 70.1. The van der Waals surface area contributed by atoms with Crippen molar-refractivity contribution in [3.8, 4) is 5.75 Å². The number of nitrogens with one attached hydrogen (secondary N) is 2. The van der Waals surface area contributed by atoms with E-state index in [1.165, 1.54) is 16.8 Å². The molecule has 0 atom stereocenters. The van der Waals surface area contributed by atoms with E-state index in [-0.39, 0.29) is 23.1 Å². The van der Waals surface area contributed by atoms with Gasteiger partial charge in [0.25, 0.3) is 0 Å². The third-order valence-electron chi connectivity index (χ3n) is 4.41. The zero-order valence-electron chi connectivity index (χ0n) is 17.0. The molecule has 0 fully saturated rings. The Bertz CT molecular complexity index is 1110. The van der Waals surface area contributed by atoms with Crippen LogP contribution in [0.2, 0.25) is 0 Å². The van der Waals surface area contributed by atoms with Gasteiger partial charge in [0, 0.05) is 11.8 Å². The Balaban J connectivity index is 1.71. The molecule has 1 heterocycles. The number of rotatable bonds is 6. The fraction of sp³-hybridized carbons (Fsp3) is 0.238. The molecule has 3 aromatic rings. The molecule has 0 aliphatic carbocycles. The van der Waals surface area contributed by atoms with Gasteiger partial charge in [0.05, 0.1) is 17.8 Å². The molecular weight excluding hydrogens is 451 g/mol. The smallest absolute Gasteiger partial charge is 0.416 e. The zero-order chi connectivity index (χ0) is 23.5. The minimum Gasteiger partial charge on any atom is -0.433 e. The van der Waals surface area contributed by atoms with Gasteiger partial charge in [-0.1, -0.05) is 18.2 Å². The van der Waals surface area contributed by atoms with E-state index in [2.05, 4.69) is 20.5 Å². The lowest BCUT2D eigenvalue weighted by Gasteiger charge is -2.14. The summed E-state index contributed by atoms with van der Waals surface area (Å²) in [4.78, 5) is 0. The Morgan fingerprint density at radius 1 is 1.09 bits per heavy atom. The third kappa shape index (κ3) is 6.16. The van der Waals surface area contributed by atoms with E-state index in [9.17, 15) is 22.0 Å². The van der Waals surface area contributed by atoms with Gasteiger partial charge in [-0.25, -0.2) is 0 Å². The van der Waals surface area contributed by atoms with Gasteiger partial charge in [-0.2, -0.15) is 27.1 Å². The molecule has 0 aliphatic heterocycles. The molecule has 2 aromatic carbocycles. The van der Waals surface area contributed by atoms with Gasteiger partial charge in [0.1, 0.15) is 5.75 Å². The summed E-state index contributed by atoms with van der Waals surface area (Å²) in [6, 6.07) is 11.3. The number of hydrogen-bond donors (Lipinski definition) is 2. The number of anilines is 2. The van der Waals surface area contributed by atoms with Crippen LogP contribution < -0.4 is 15.4 Å². The van der Waals surface area contributed by atoms with Crippen LogP contribution in [0.25, 0.3) is 0 Å². The fourth-order valence-corrected chi connectivity index (χ4v) is 3.17. The quantitative estimate of drug-likeness (QED) is 0.343. The Kier molecular flexibility index (Phi) is 6.97. The average Bonchev–Trinajstić information content (AvgIpc) is 3.01. The Hall–Kier alpha value is -3.21. The molecule has 170 valence electrons. The van der Waals surface area contributed by atoms with Crippen LogP contribution in [-0.2, 0) is 12.7 Å². The van der Waals surface area contributed by atoms with Crippen molar-refractivity contribution < 1.29 is 26.7 Å². The molecule has 0 saturated heterocycles. The minimum absolute atomic E-state index is 0.0685. The lowest BCUT2D eigenvalue weighted by Crippen LogP contribution is -2.20. The van der Waals surface area contributed by atoms with Crippen molar-refractivity contribution >= 4 is 28.8 Å². The van der Waals surface area contributed by atoms with Crippen LogP contribution >= 0.6 is 12.2 Å². The molecular formula is C21H19F5N4OS. The average molecular weight is 470 g/mol. The second-order valence-corrected chi connectivity index (χ2v) is 7.39. The second-order valence-electron chi connectivity index (χ2n) is 6.98. The number of alkyl halides is 5. The SMILES string of the molecule is Cc1ccc(OC(F)F)c(NC(=S)Nc2cc(C)n(Cc3cccc(C(F)(F)F)c3)n2)c1. The minimum atomic E-state index is -4.43. The van der Waals surface area contributed by atoms with Crippen molar-refractivity contribution in [3.63, 3.8) is 0 Å². The first-order chi connectivity index (χ1) is 15.0. The van der Waals surface area contributed by atoms with Crippen molar-refractivity contribution in [3.05, 3.63) is 70.9 Å². The van der Waals surface area contributed by atoms with Crippen molar-refractivity contribution in [2.75, 3.05) is 10.6 Å². The van der Waals surface area contributed by atoms with E-state index >= 15 is 0 Å². The maximum Gasteiger partial charge on any atom is 0.416 e. The molecule has 3 rings (SSSR count). The molecule has 0 amide bonds. The monoisotopic (exact) mass is 470 g/mol. The van der Waals surface area contributed by atoms with E-state index in [0.29, 0.717) is 17.1 Å². The molecule has 0 saturated carbocycles. The third-order valence-corrected chi connectivity index (χ3v) is 4.61. The Labute approximate surface area is 186 Å². The van der Waals surface area contributed by atoms with Gasteiger partial charge in [0.2, 0.25) is 0 Å². The number of thiocarbonyl (C=S) groups is 1. The first kappa shape index (κ1) is 23.5. The maximum absolute atomic E-state index is 12.9. The topological polar surface area (TPSA) is 51.1 Å². The van der Waals surface area contributed by atoms with Crippen molar-refractivity contribution in [1.82, 2.24) is 9.78 Å². The first-order valence-electron chi connectivity index (χ1n) is 9.35. The van der Waals surface area contributed by atoms with Crippen molar-refractivity contribution in [1.29, 1.82) is 0 Å². The molecule has 0 unspecified atom stereocenters. The molecule has 0 aliphatic rings. The van der Waals surface area contributed by atoms with Crippen LogP contribution in [0.15, 0.2) is 48.5 Å². The van der Waals surface area contributed by atoms with Crippen LogP contribution in [0.4, 0.5) is 33.5 Å². The number of nitrogens with zero attached hydrogens (tertiary/aromatic N) is 2. The molecule has 1 aromatic heterocycles. The summed E-state index contributed by atoms with van der Waals surface area (Å²) in [6.07, 6.45) is -4.43. The van der Waals surface area contributed by atoms with Gasteiger partial charge >= 0.3 is 12.8 Å². The summed E-state index contributed by atoms with van der Waals surface area (Å²) in [5.41, 5.74) is 1.45. The van der Waals surface area contributed by atoms with E-state index in [1.54, 1.807) is 38.1 Å². The highest BCUT2D eigenvalue weighted by molar-refractivity contribution is 7.80. The number of aryl methyl sites for hydroxylation is 2. The van der Waals surface area contributed by atoms with Crippen molar-refractivity contribution in [2.24, 2.45) is 0 Å². The molecule has 11 heteroatoms. The molecule has 0 spiro atoms. The normalized spacial score (nSPS) is 11.5. The Morgan fingerprint density at radius 2 is 1.84 bits per heavy atom.